The number of nitrogens with zero attached hydrogens (tertiary/aromatic N) is 5. The van der Waals surface area contributed by atoms with Crippen LogP contribution in [0.2, 0.25) is 0 Å². The molecule has 3 heterocycles. The van der Waals surface area contributed by atoms with Gasteiger partial charge >= 0.3 is 11.9 Å². The number of carbonyl (C=O) groups is 2. The number of anilines is 1. The fraction of sp³-hybridized carbons (Fsp3) is 0.767. The van der Waals surface area contributed by atoms with Crippen molar-refractivity contribution in [1.29, 1.82) is 0 Å². The van der Waals surface area contributed by atoms with Crippen LogP contribution in [0.1, 0.15) is 81.4 Å². The van der Waals surface area contributed by atoms with Crippen LogP contribution in [0.3, 0.4) is 0 Å². The van der Waals surface area contributed by atoms with Gasteiger partial charge in [0.25, 0.3) is 0 Å². The number of rotatable bonds is 14. The molecular formula is C30H52N7O10P. The van der Waals surface area contributed by atoms with E-state index in [0.29, 0.717) is 25.9 Å². The van der Waals surface area contributed by atoms with Gasteiger partial charge in [-0.2, -0.15) is 15.9 Å². The normalized spacial score (nSPS) is 24.3. The minimum Gasteiger partial charge on any atom is -0.479 e. The summed E-state index contributed by atoms with van der Waals surface area (Å²) in [6, 6.07) is 0. The molecule has 0 amide bonds. The van der Waals surface area contributed by atoms with E-state index in [1.54, 1.807) is 0 Å². The maximum absolute atomic E-state index is 14.5. The van der Waals surface area contributed by atoms with Crippen molar-refractivity contribution in [2.45, 2.75) is 111 Å². The molecule has 3 rings (SSSR count). The van der Waals surface area contributed by atoms with Crippen LogP contribution in [0.4, 0.5) is 5.95 Å². The number of carbonyl (C=O) groups excluding carboxylic acids is 2. The van der Waals surface area contributed by atoms with Gasteiger partial charge in [0.15, 0.2) is 17.4 Å². The number of ether oxygens (including phenoxy) is 2. The smallest absolute Gasteiger partial charge is 0.337 e. The lowest BCUT2D eigenvalue weighted by atomic mass is 9.91. The Morgan fingerprint density at radius 1 is 1.10 bits per heavy atom. The van der Waals surface area contributed by atoms with Gasteiger partial charge in [0, 0.05) is 13.1 Å². The molecule has 2 aromatic rings. The second kappa shape index (κ2) is 14.9. The molecule has 1 fully saturated rings. The maximum Gasteiger partial charge on any atom is 0.337 e. The predicted molar refractivity (Wildman–Crippen MR) is 175 cm³/mol. The molecule has 0 aromatic carbocycles. The summed E-state index contributed by atoms with van der Waals surface area (Å²) in [5, 5.41) is 24.1. The van der Waals surface area contributed by atoms with Gasteiger partial charge in [-0.15, -0.1) is 5.06 Å². The summed E-state index contributed by atoms with van der Waals surface area (Å²) in [7, 11) is -2.97. The van der Waals surface area contributed by atoms with Crippen molar-refractivity contribution >= 4 is 36.4 Å². The van der Waals surface area contributed by atoms with Crippen LogP contribution in [-0.2, 0) is 33.1 Å². The van der Waals surface area contributed by atoms with Crippen molar-refractivity contribution in [1.82, 2.24) is 24.6 Å². The molecule has 1 saturated heterocycles. The summed E-state index contributed by atoms with van der Waals surface area (Å²) in [6.07, 6.45) is -1.45. The summed E-state index contributed by atoms with van der Waals surface area (Å²) < 4.78 is 33.0. The monoisotopic (exact) mass is 701 g/mol. The van der Waals surface area contributed by atoms with Crippen molar-refractivity contribution in [3.05, 3.63) is 6.33 Å². The Hall–Kier alpha value is -2.92. The van der Waals surface area contributed by atoms with Crippen LogP contribution >= 0.6 is 7.37 Å². The fourth-order valence-electron chi connectivity index (χ4n) is 5.07. The van der Waals surface area contributed by atoms with Crippen molar-refractivity contribution in [3.8, 4) is 5.88 Å². The molecule has 7 atom stereocenters. The number of hydrogen-bond acceptors (Lipinski definition) is 16. The molecule has 48 heavy (non-hydrogen) atoms. The molecule has 18 heteroatoms. The molecule has 0 saturated carbocycles. The number of hydrogen-bond donors (Lipinski definition) is 4. The van der Waals surface area contributed by atoms with Crippen molar-refractivity contribution in [2.75, 3.05) is 32.5 Å². The number of hydroxylamine groups is 2. The molecule has 1 aliphatic rings. The van der Waals surface area contributed by atoms with E-state index >= 15 is 0 Å². The summed E-state index contributed by atoms with van der Waals surface area (Å²) in [5.41, 5.74) is 1.20. The molecule has 272 valence electrons. The Kier molecular flexibility index (Phi) is 12.3. The Morgan fingerprint density at radius 3 is 2.19 bits per heavy atom. The Morgan fingerprint density at radius 2 is 1.67 bits per heavy atom. The largest absolute Gasteiger partial charge is 0.479 e. The third kappa shape index (κ3) is 9.00. The van der Waals surface area contributed by atoms with Crippen LogP contribution in [0, 0.1) is 10.8 Å². The Balaban J connectivity index is 1.87. The van der Waals surface area contributed by atoms with Crippen LogP contribution in [-0.4, -0.2) is 103 Å². The van der Waals surface area contributed by atoms with E-state index in [1.165, 1.54) is 43.8 Å². The maximum atomic E-state index is 14.5. The van der Waals surface area contributed by atoms with Crippen molar-refractivity contribution in [3.63, 3.8) is 0 Å². The highest BCUT2D eigenvalue weighted by Gasteiger charge is 2.55. The van der Waals surface area contributed by atoms with Gasteiger partial charge in [-0.3, -0.25) is 9.13 Å². The van der Waals surface area contributed by atoms with E-state index < -0.39 is 61.3 Å². The number of imidazole rings is 1. The number of aliphatic hydroxyl groups is 2. The summed E-state index contributed by atoms with van der Waals surface area (Å²) in [4.78, 5) is 48.7. The van der Waals surface area contributed by atoms with Crippen LogP contribution in [0.5, 0.6) is 5.88 Å². The molecule has 0 spiro atoms. The first-order chi connectivity index (χ1) is 22.1. The van der Waals surface area contributed by atoms with Gasteiger partial charge in [-0.25, -0.2) is 14.6 Å². The first kappa shape index (κ1) is 39.5. The standard InChI is InChI=1S/C30H52N7O10P/c1-17(24(39)46-32)48(42,18(2)25(40)47-36(13-11-28(3,4)5)14-12-29(6,7)8)44-15-19-21(38)30(9,41)26(45-19)37-16-33-20-22(37)34-27(31)35-23(20)43-10/h16-19,21,26,38,41H,11-15,32H2,1-10H3,(H2,31,34,35)/t17-,18-,19+,21+,26+,30+,48?/m0/s1. The highest BCUT2D eigenvalue weighted by atomic mass is 31.2. The lowest BCUT2D eigenvalue weighted by molar-refractivity contribution is -0.192. The number of aliphatic hydroxyl groups excluding tert-OH is 1. The lowest BCUT2D eigenvalue weighted by Gasteiger charge is -2.32. The lowest BCUT2D eigenvalue weighted by Crippen LogP contribution is -2.44. The second-order valence-electron chi connectivity index (χ2n) is 14.8. The quantitative estimate of drug-likeness (QED) is 0.164. The number of aromatic nitrogens is 4. The van der Waals surface area contributed by atoms with Crippen LogP contribution in [0.25, 0.3) is 11.2 Å². The van der Waals surface area contributed by atoms with Crippen LogP contribution < -0.4 is 16.4 Å². The molecule has 0 bridgehead atoms. The van der Waals surface area contributed by atoms with Gasteiger partial charge in [-0.1, -0.05) is 41.5 Å². The average Bonchev–Trinajstić information content (AvgIpc) is 3.51. The number of nitrogen functional groups attached to an aromatic ring is 1. The van der Waals surface area contributed by atoms with Gasteiger partial charge < -0.3 is 39.6 Å². The molecule has 2 aromatic heterocycles. The summed E-state index contributed by atoms with van der Waals surface area (Å²) >= 11 is 0. The highest BCUT2D eigenvalue weighted by molar-refractivity contribution is 7.62. The van der Waals surface area contributed by atoms with E-state index in [9.17, 15) is 24.4 Å². The zero-order valence-electron chi connectivity index (χ0n) is 29.5. The van der Waals surface area contributed by atoms with E-state index in [0.717, 1.165) is 0 Å². The zero-order chi connectivity index (χ0) is 36.4. The van der Waals surface area contributed by atoms with Crippen LogP contribution in [0.15, 0.2) is 6.33 Å². The summed E-state index contributed by atoms with van der Waals surface area (Å²) in [6.45, 7) is 16.6. The minimum atomic E-state index is -4.35. The zero-order valence-corrected chi connectivity index (χ0v) is 30.4. The van der Waals surface area contributed by atoms with Gasteiger partial charge in [-0.05, 0) is 44.4 Å². The van der Waals surface area contributed by atoms with Crippen molar-refractivity contribution in [2.24, 2.45) is 16.7 Å². The third-order valence-corrected chi connectivity index (χ3v) is 11.5. The van der Waals surface area contributed by atoms with Gasteiger partial charge in [0.2, 0.25) is 19.2 Å². The van der Waals surface area contributed by atoms with E-state index in [2.05, 4.69) is 61.3 Å². The van der Waals surface area contributed by atoms with Gasteiger partial charge in [0.05, 0.1) is 20.0 Å². The van der Waals surface area contributed by atoms with Crippen molar-refractivity contribution < 1.29 is 48.0 Å². The molecule has 1 aliphatic heterocycles. The molecular weight excluding hydrogens is 649 g/mol. The van der Waals surface area contributed by atoms with Gasteiger partial charge in [0.1, 0.15) is 29.1 Å². The molecule has 0 radical (unpaired) electrons. The van der Waals surface area contributed by atoms with E-state index in [-0.39, 0.29) is 33.8 Å². The highest BCUT2D eigenvalue weighted by Crippen LogP contribution is 2.57. The number of nitrogens with two attached hydrogens (primary N) is 2. The average molecular weight is 702 g/mol. The first-order valence-corrected chi connectivity index (χ1v) is 17.5. The fourth-order valence-corrected chi connectivity index (χ4v) is 7.26. The van der Waals surface area contributed by atoms with E-state index in [4.69, 9.17) is 30.5 Å². The number of fused-ring (bicyclic) bond motifs is 1. The second-order valence-corrected chi connectivity index (χ2v) is 17.9. The third-order valence-electron chi connectivity index (χ3n) is 8.37. The molecule has 0 aliphatic carbocycles. The minimum absolute atomic E-state index is 0.0500. The summed E-state index contributed by atoms with van der Waals surface area (Å²) in [5.74, 6) is 3.13. The predicted octanol–water partition coefficient (Wildman–Crippen LogP) is 2.55. The molecule has 17 nitrogen and oxygen atoms in total. The number of methoxy groups -OCH3 is 1. The molecule has 1 unspecified atom stereocenters. The van der Waals surface area contributed by atoms with E-state index in [1.807, 2.05) is 0 Å². The topological polar surface area (TPSA) is 237 Å². The first-order valence-electron chi connectivity index (χ1n) is 15.8. The Bertz CT molecular complexity index is 1470. The molecule has 6 N–H and O–H groups in total. The SMILES string of the molecule is COc1nc(N)nc2c1ncn2[C@@H]1O[C@H](COP(=O)([C@@H](C)C(=O)ON)[C@@H](C)C(=O)ON(CCC(C)(C)C)CCC(C)(C)C)[C@@H](O)[C@@]1(C)O. The Labute approximate surface area is 281 Å².